The van der Waals surface area contributed by atoms with Crippen molar-refractivity contribution in [2.24, 2.45) is 0 Å². The van der Waals surface area contributed by atoms with Crippen LogP contribution in [0.2, 0.25) is 0 Å². The van der Waals surface area contributed by atoms with Crippen LogP contribution >= 0.6 is 0 Å². The van der Waals surface area contributed by atoms with Gasteiger partial charge in [-0.05, 0) is 36.6 Å². The van der Waals surface area contributed by atoms with E-state index in [0.29, 0.717) is 23.4 Å². The second-order valence-corrected chi connectivity index (χ2v) is 5.41. The summed E-state index contributed by atoms with van der Waals surface area (Å²) >= 11 is 0. The Labute approximate surface area is 130 Å². The number of carbonyl (C=O) groups excluding carboxylic acids is 1. The number of fused-ring (bicyclic) bond motifs is 1. The predicted octanol–water partition coefficient (Wildman–Crippen LogP) is 2.77. The maximum absolute atomic E-state index is 12.4. The number of amides is 1. The van der Waals surface area contributed by atoms with Gasteiger partial charge in [0.25, 0.3) is 5.91 Å². The molecule has 114 valence electrons. The fraction of sp³-hybridized carbons (Fsp3) is 0.278. The van der Waals surface area contributed by atoms with Crippen molar-refractivity contribution in [2.45, 2.75) is 19.1 Å². The number of rotatable bonds is 5. The van der Waals surface area contributed by atoms with Gasteiger partial charge in [0.1, 0.15) is 5.75 Å². The Morgan fingerprint density at radius 2 is 1.95 bits per heavy atom. The highest BCUT2D eigenvalue weighted by atomic mass is 16.5. The lowest BCUT2D eigenvalue weighted by Crippen LogP contribution is -2.29. The summed E-state index contributed by atoms with van der Waals surface area (Å²) < 4.78 is 5.16. The third-order valence-corrected chi connectivity index (χ3v) is 4.03. The summed E-state index contributed by atoms with van der Waals surface area (Å²) in [6.07, 6.45) is 0.822. The molecule has 1 heterocycles. The molecule has 1 aliphatic heterocycles. The molecule has 1 unspecified atom stereocenters. The van der Waals surface area contributed by atoms with E-state index in [4.69, 9.17) is 4.74 Å². The quantitative estimate of drug-likeness (QED) is 0.923. The van der Waals surface area contributed by atoms with Crippen molar-refractivity contribution in [1.82, 2.24) is 4.90 Å². The molecule has 2 aromatic carbocycles. The lowest BCUT2D eigenvalue weighted by atomic mass is 10.1. The fourth-order valence-electron chi connectivity index (χ4n) is 2.83. The Hall–Kier alpha value is -2.33. The largest absolute Gasteiger partial charge is 0.497 e. The minimum atomic E-state index is -0.881. The van der Waals surface area contributed by atoms with Gasteiger partial charge in [-0.2, -0.15) is 0 Å². The molecule has 0 spiro atoms. The van der Waals surface area contributed by atoms with Crippen LogP contribution in [0.3, 0.4) is 0 Å². The molecule has 4 heteroatoms. The number of methoxy groups -OCH3 is 1. The average molecular weight is 297 g/mol. The number of aliphatic hydroxyl groups is 1. The number of ether oxygens (including phenoxy) is 1. The molecule has 1 N–H and O–H groups in total. The predicted molar refractivity (Wildman–Crippen MR) is 83.8 cm³/mol. The second kappa shape index (κ2) is 6.20. The fourth-order valence-corrected chi connectivity index (χ4v) is 2.83. The molecule has 2 aromatic rings. The Balaban J connectivity index is 1.67. The summed E-state index contributed by atoms with van der Waals surface area (Å²) in [6.45, 7) is 0.534. The van der Waals surface area contributed by atoms with Gasteiger partial charge in [0.15, 0.2) is 6.23 Å². The molecule has 4 nitrogen and oxygen atoms in total. The summed E-state index contributed by atoms with van der Waals surface area (Å²) in [7, 11) is 1.57. The minimum absolute atomic E-state index is 0.113. The highest BCUT2D eigenvalue weighted by Crippen LogP contribution is 2.34. The zero-order valence-electron chi connectivity index (χ0n) is 12.5. The lowest BCUT2D eigenvalue weighted by molar-refractivity contribution is 0.0172. The van der Waals surface area contributed by atoms with Gasteiger partial charge in [0, 0.05) is 17.7 Å². The van der Waals surface area contributed by atoms with Crippen LogP contribution in [0.15, 0.2) is 48.5 Å². The molecule has 1 aliphatic rings. The lowest BCUT2D eigenvalue weighted by Gasteiger charge is -2.20. The van der Waals surface area contributed by atoms with Gasteiger partial charge < -0.3 is 14.7 Å². The van der Waals surface area contributed by atoms with Crippen LogP contribution in [-0.2, 0) is 6.42 Å². The molecule has 0 fully saturated rings. The van der Waals surface area contributed by atoms with E-state index in [1.165, 1.54) is 10.5 Å². The molecule has 0 aliphatic carbocycles. The first-order valence-corrected chi connectivity index (χ1v) is 7.41. The summed E-state index contributed by atoms with van der Waals surface area (Å²) in [6, 6.07) is 15.3. The van der Waals surface area contributed by atoms with E-state index in [1.807, 2.05) is 18.2 Å². The van der Waals surface area contributed by atoms with Gasteiger partial charge in [-0.3, -0.25) is 4.79 Å². The average Bonchev–Trinajstić information content (AvgIpc) is 2.80. The smallest absolute Gasteiger partial charge is 0.256 e. The van der Waals surface area contributed by atoms with Crippen LogP contribution in [-0.4, -0.2) is 29.6 Å². The monoisotopic (exact) mass is 297 g/mol. The number of carbonyl (C=O) groups is 1. The van der Waals surface area contributed by atoms with E-state index in [9.17, 15) is 9.90 Å². The third kappa shape index (κ3) is 2.70. The molecule has 22 heavy (non-hydrogen) atoms. The second-order valence-electron chi connectivity index (χ2n) is 5.41. The van der Waals surface area contributed by atoms with Crippen molar-refractivity contribution >= 4 is 5.91 Å². The standard InChI is InChI=1S/C18H19NO3/c1-22-14-9-10-15-16(12-14)18(21)19(17(15)20)11-5-8-13-6-3-2-4-7-13/h2-4,6-7,9-10,12,18,21H,5,8,11H2,1H3. The number of benzene rings is 2. The maximum Gasteiger partial charge on any atom is 0.256 e. The number of aryl methyl sites for hydroxylation is 1. The molecule has 0 saturated carbocycles. The van der Waals surface area contributed by atoms with Gasteiger partial charge >= 0.3 is 0 Å². The Morgan fingerprint density at radius 1 is 1.18 bits per heavy atom. The van der Waals surface area contributed by atoms with E-state index in [2.05, 4.69) is 12.1 Å². The van der Waals surface area contributed by atoms with Crippen molar-refractivity contribution in [3.63, 3.8) is 0 Å². The molecule has 0 bridgehead atoms. The number of hydrogen-bond acceptors (Lipinski definition) is 3. The van der Waals surface area contributed by atoms with Gasteiger partial charge in [0.2, 0.25) is 0 Å². The van der Waals surface area contributed by atoms with E-state index >= 15 is 0 Å². The van der Waals surface area contributed by atoms with Crippen molar-refractivity contribution in [3.05, 3.63) is 65.2 Å². The van der Waals surface area contributed by atoms with Crippen LogP contribution in [0.4, 0.5) is 0 Å². The van der Waals surface area contributed by atoms with E-state index in [0.717, 1.165) is 12.8 Å². The van der Waals surface area contributed by atoms with Crippen LogP contribution < -0.4 is 4.74 Å². The minimum Gasteiger partial charge on any atom is -0.497 e. The molecule has 0 saturated heterocycles. The summed E-state index contributed by atoms with van der Waals surface area (Å²) in [5.74, 6) is 0.537. The van der Waals surface area contributed by atoms with Crippen LogP contribution in [0.5, 0.6) is 5.75 Å². The molecular weight excluding hydrogens is 278 g/mol. The SMILES string of the molecule is COc1ccc2c(c1)C(O)N(CCCc1ccccc1)C2=O. The zero-order valence-corrected chi connectivity index (χ0v) is 12.5. The molecule has 1 atom stereocenters. The van der Waals surface area contributed by atoms with Gasteiger partial charge in [0.05, 0.1) is 7.11 Å². The van der Waals surface area contributed by atoms with Crippen molar-refractivity contribution < 1.29 is 14.6 Å². The summed E-state index contributed by atoms with van der Waals surface area (Å²) in [5.41, 5.74) is 2.43. The van der Waals surface area contributed by atoms with E-state index < -0.39 is 6.23 Å². The Morgan fingerprint density at radius 3 is 2.68 bits per heavy atom. The van der Waals surface area contributed by atoms with Crippen LogP contribution in [0, 0.1) is 0 Å². The first kappa shape index (κ1) is 14.6. The highest BCUT2D eigenvalue weighted by molar-refractivity contribution is 5.99. The summed E-state index contributed by atoms with van der Waals surface area (Å²) in [4.78, 5) is 13.9. The highest BCUT2D eigenvalue weighted by Gasteiger charge is 2.35. The maximum atomic E-state index is 12.4. The van der Waals surface area contributed by atoms with Gasteiger partial charge in [-0.15, -0.1) is 0 Å². The van der Waals surface area contributed by atoms with Crippen LogP contribution in [0.1, 0.15) is 34.1 Å². The number of aliphatic hydroxyl groups excluding tert-OH is 1. The topological polar surface area (TPSA) is 49.8 Å². The van der Waals surface area contributed by atoms with E-state index in [-0.39, 0.29) is 5.91 Å². The molecule has 0 radical (unpaired) electrons. The normalized spacial score (nSPS) is 16.7. The first-order chi connectivity index (χ1) is 10.7. The third-order valence-electron chi connectivity index (χ3n) is 4.03. The number of nitrogens with zero attached hydrogens (tertiary/aromatic N) is 1. The van der Waals surface area contributed by atoms with Gasteiger partial charge in [-0.25, -0.2) is 0 Å². The molecule has 1 amide bonds. The zero-order chi connectivity index (χ0) is 15.5. The van der Waals surface area contributed by atoms with Crippen LogP contribution in [0.25, 0.3) is 0 Å². The Kier molecular flexibility index (Phi) is 4.11. The van der Waals surface area contributed by atoms with E-state index in [1.54, 1.807) is 25.3 Å². The van der Waals surface area contributed by atoms with Crippen molar-refractivity contribution in [2.75, 3.05) is 13.7 Å². The first-order valence-electron chi connectivity index (χ1n) is 7.41. The van der Waals surface area contributed by atoms with Crippen molar-refractivity contribution in [3.8, 4) is 5.75 Å². The van der Waals surface area contributed by atoms with Crippen molar-refractivity contribution in [1.29, 1.82) is 0 Å². The number of hydrogen-bond donors (Lipinski definition) is 1. The molecule has 0 aromatic heterocycles. The van der Waals surface area contributed by atoms with Gasteiger partial charge in [-0.1, -0.05) is 30.3 Å². The summed E-state index contributed by atoms with van der Waals surface area (Å²) in [5, 5.41) is 10.4. The molecular formula is C18H19NO3. The molecule has 3 rings (SSSR count). The Bertz CT molecular complexity index is 669.